The Balaban J connectivity index is 1.69. The highest BCUT2D eigenvalue weighted by Crippen LogP contribution is 2.53. The Morgan fingerprint density at radius 3 is 2.62 bits per heavy atom. The van der Waals surface area contributed by atoms with Crippen molar-refractivity contribution in [1.82, 2.24) is 9.88 Å². The second kappa shape index (κ2) is 6.46. The minimum absolute atomic E-state index is 0.0918. The fourth-order valence-corrected chi connectivity index (χ4v) is 5.16. The maximum absolute atomic E-state index is 13.4. The fourth-order valence-electron chi connectivity index (χ4n) is 4.99. The number of likely N-dealkylation sites (N-methyl/N-ethyl adjacent to an activating group) is 1. The molecule has 150 valence electrons. The van der Waals surface area contributed by atoms with Crippen molar-refractivity contribution in [2.45, 2.75) is 49.7 Å². The molecule has 2 N–H and O–H groups in total. The number of nitrogens with zero attached hydrogens (tertiary/aromatic N) is 3. The molecule has 29 heavy (non-hydrogen) atoms. The topological polar surface area (TPSA) is 80.8 Å². The van der Waals surface area contributed by atoms with Gasteiger partial charge in [0, 0.05) is 37.0 Å². The molecular formula is C22H23ClN4O2. The minimum atomic E-state index is -1.04. The van der Waals surface area contributed by atoms with Crippen LogP contribution in [0.4, 0.5) is 0 Å². The summed E-state index contributed by atoms with van der Waals surface area (Å²) < 4.78 is 6.56. The molecule has 0 radical (unpaired) electrons. The van der Waals surface area contributed by atoms with E-state index in [0.717, 1.165) is 48.1 Å². The van der Waals surface area contributed by atoms with Crippen molar-refractivity contribution in [3.8, 4) is 16.9 Å². The van der Waals surface area contributed by atoms with Crippen LogP contribution in [0.15, 0.2) is 41.7 Å². The Hall–Kier alpha value is -2.60. The van der Waals surface area contributed by atoms with Gasteiger partial charge in [-0.2, -0.15) is 0 Å². The summed E-state index contributed by atoms with van der Waals surface area (Å²) in [5.41, 5.74) is 7.26. The molecule has 1 aromatic carbocycles. The molecule has 6 nitrogen and oxygen atoms in total. The Bertz CT molecular complexity index is 1030. The smallest absolute Gasteiger partial charge is 0.261 e. The summed E-state index contributed by atoms with van der Waals surface area (Å²) >= 11 is 6.13. The molecule has 1 atom stereocenters. The van der Waals surface area contributed by atoms with E-state index in [1.54, 1.807) is 19.4 Å². The van der Waals surface area contributed by atoms with Gasteiger partial charge in [-0.1, -0.05) is 24.1 Å². The molecule has 3 heterocycles. The Morgan fingerprint density at radius 2 is 1.93 bits per heavy atom. The second-order valence-electron chi connectivity index (χ2n) is 8.32. The number of hydrogen-bond acceptors (Lipinski definition) is 5. The number of amides is 1. The van der Waals surface area contributed by atoms with Crippen molar-refractivity contribution in [2.75, 3.05) is 7.05 Å². The van der Waals surface area contributed by atoms with Gasteiger partial charge in [-0.05, 0) is 49.4 Å². The SMILES string of the molecule is CN1C(=O)C2(CC3(CCCCC3)Oc3ccc(-c4cncc(Cl)c4)cc32)N=C1N. The van der Waals surface area contributed by atoms with Crippen LogP contribution in [0.1, 0.15) is 44.1 Å². The fraction of sp³-hybridized carbons (Fsp3) is 0.409. The van der Waals surface area contributed by atoms with Crippen LogP contribution in [0.2, 0.25) is 5.02 Å². The standard InChI is InChI=1S/C22H23ClN4O2/c1-27-19(28)22(26-20(27)24)13-21(7-3-2-4-8-21)29-18-6-5-14(10-17(18)22)15-9-16(23)12-25-11-15/h5-6,9-12H,2-4,7-8,13H2,1H3,(H2,24,26). The number of fused-ring (bicyclic) bond motifs is 2. The van der Waals surface area contributed by atoms with Gasteiger partial charge in [-0.3, -0.25) is 14.7 Å². The zero-order chi connectivity index (χ0) is 20.2. The van der Waals surface area contributed by atoms with E-state index in [-0.39, 0.29) is 17.5 Å². The third kappa shape index (κ3) is 2.81. The minimum Gasteiger partial charge on any atom is -0.487 e. The Morgan fingerprint density at radius 1 is 1.14 bits per heavy atom. The normalized spacial score (nSPS) is 25.1. The first-order valence-corrected chi connectivity index (χ1v) is 10.4. The third-order valence-corrected chi connectivity index (χ3v) is 6.65. The van der Waals surface area contributed by atoms with Crippen molar-refractivity contribution < 1.29 is 9.53 Å². The van der Waals surface area contributed by atoms with Gasteiger partial charge >= 0.3 is 0 Å². The molecule has 3 aliphatic rings. The number of ether oxygens (including phenoxy) is 1. The zero-order valence-electron chi connectivity index (χ0n) is 16.3. The van der Waals surface area contributed by atoms with Crippen LogP contribution in [0.5, 0.6) is 5.75 Å². The summed E-state index contributed by atoms with van der Waals surface area (Å²) in [6, 6.07) is 7.76. The highest BCUT2D eigenvalue weighted by Gasteiger charge is 2.58. The largest absolute Gasteiger partial charge is 0.487 e. The van der Waals surface area contributed by atoms with E-state index in [0.29, 0.717) is 11.4 Å². The molecule has 2 aromatic rings. The highest BCUT2D eigenvalue weighted by atomic mass is 35.5. The van der Waals surface area contributed by atoms with Crippen LogP contribution in [-0.4, -0.2) is 34.4 Å². The number of carbonyl (C=O) groups is 1. The van der Waals surface area contributed by atoms with Crippen LogP contribution in [0, 0.1) is 0 Å². The van der Waals surface area contributed by atoms with Crippen LogP contribution < -0.4 is 10.5 Å². The predicted molar refractivity (Wildman–Crippen MR) is 112 cm³/mol. The van der Waals surface area contributed by atoms with E-state index in [4.69, 9.17) is 27.1 Å². The first-order chi connectivity index (χ1) is 13.9. The predicted octanol–water partition coefficient (Wildman–Crippen LogP) is 3.87. The van der Waals surface area contributed by atoms with Gasteiger partial charge in [0.05, 0.1) is 5.02 Å². The lowest BCUT2D eigenvalue weighted by molar-refractivity contribution is -0.135. The maximum atomic E-state index is 13.4. The van der Waals surface area contributed by atoms with Gasteiger partial charge in [-0.25, -0.2) is 4.99 Å². The monoisotopic (exact) mass is 410 g/mol. The molecule has 0 saturated heterocycles. The summed E-state index contributed by atoms with van der Waals surface area (Å²) in [7, 11) is 1.68. The number of aliphatic imine (C=N–C) groups is 1. The molecule has 5 rings (SSSR count). The second-order valence-corrected chi connectivity index (χ2v) is 8.76. The number of hydrogen-bond donors (Lipinski definition) is 1. The van der Waals surface area contributed by atoms with Gasteiger partial charge in [-0.15, -0.1) is 0 Å². The van der Waals surface area contributed by atoms with Gasteiger partial charge in [0.1, 0.15) is 11.4 Å². The van der Waals surface area contributed by atoms with Gasteiger partial charge < -0.3 is 10.5 Å². The number of halogens is 1. The molecule has 1 amide bonds. The average Bonchev–Trinajstić information content (AvgIpc) is 2.92. The number of pyridine rings is 1. The molecule has 1 aromatic heterocycles. The molecule has 1 saturated carbocycles. The van der Waals surface area contributed by atoms with E-state index in [9.17, 15) is 4.79 Å². The maximum Gasteiger partial charge on any atom is 0.261 e. The Kier molecular flexibility index (Phi) is 4.10. The summed E-state index contributed by atoms with van der Waals surface area (Å²) in [6.45, 7) is 0. The van der Waals surface area contributed by atoms with Crippen molar-refractivity contribution in [3.05, 3.63) is 47.2 Å². The lowest BCUT2D eigenvalue weighted by atomic mass is 9.70. The van der Waals surface area contributed by atoms with E-state index in [2.05, 4.69) is 4.98 Å². The van der Waals surface area contributed by atoms with Crippen LogP contribution in [0.3, 0.4) is 0 Å². The average molecular weight is 411 g/mol. The molecule has 2 spiro atoms. The number of rotatable bonds is 1. The van der Waals surface area contributed by atoms with Crippen molar-refractivity contribution in [2.24, 2.45) is 10.7 Å². The first kappa shape index (κ1) is 18.4. The molecule has 1 fully saturated rings. The third-order valence-electron chi connectivity index (χ3n) is 6.44. The van der Waals surface area contributed by atoms with E-state index in [1.807, 2.05) is 24.3 Å². The van der Waals surface area contributed by atoms with Crippen molar-refractivity contribution in [1.29, 1.82) is 0 Å². The molecular weight excluding hydrogens is 388 g/mol. The first-order valence-electron chi connectivity index (χ1n) is 10.0. The molecule has 0 bridgehead atoms. The van der Waals surface area contributed by atoms with E-state index >= 15 is 0 Å². The number of guanidine groups is 1. The van der Waals surface area contributed by atoms with Gasteiger partial charge in [0.15, 0.2) is 11.5 Å². The van der Waals surface area contributed by atoms with Crippen LogP contribution >= 0.6 is 11.6 Å². The van der Waals surface area contributed by atoms with Gasteiger partial charge in [0.25, 0.3) is 5.91 Å². The Labute approximate surface area is 174 Å². The number of carbonyl (C=O) groups excluding carboxylic acids is 1. The molecule has 1 unspecified atom stereocenters. The van der Waals surface area contributed by atoms with E-state index in [1.165, 1.54) is 11.3 Å². The summed E-state index contributed by atoms with van der Waals surface area (Å²) in [6.07, 6.45) is 9.14. The molecule has 2 aliphatic heterocycles. The number of nitrogens with two attached hydrogens (primary N) is 1. The summed E-state index contributed by atoms with van der Waals surface area (Å²) in [5.74, 6) is 0.881. The van der Waals surface area contributed by atoms with Crippen molar-refractivity contribution in [3.63, 3.8) is 0 Å². The summed E-state index contributed by atoms with van der Waals surface area (Å²) in [4.78, 5) is 23.8. The van der Waals surface area contributed by atoms with E-state index < -0.39 is 5.54 Å². The molecule has 7 heteroatoms. The lowest BCUT2D eigenvalue weighted by Gasteiger charge is -2.47. The van der Waals surface area contributed by atoms with Crippen molar-refractivity contribution >= 4 is 23.5 Å². The quantitative estimate of drug-likeness (QED) is 0.773. The lowest BCUT2D eigenvalue weighted by Crippen LogP contribution is -2.52. The zero-order valence-corrected chi connectivity index (χ0v) is 17.1. The summed E-state index contributed by atoms with van der Waals surface area (Å²) in [5, 5.41) is 0.561. The molecule has 1 aliphatic carbocycles. The number of aromatic nitrogens is 1. The highest BCUT2D eigenvalue weighted by molar-refractivity contribution is 6.30. The van der Waals surface area contributed by atoms with Crippen LogP contribution in [0.25, 0.3) is 11.1 Å². The van der Waals surface area contributed by atoms with Crippen LogP contribution in [-0.2, 0) is 10.3 Å². The van der Waals surface area contributed by atoms with Gasteiger partial charge in [0.2, 0.25) is 0 Å². The number of benzene rings is 1.